The van der Waals surface area contributed by atoms with Gasteiger partial charge in [-0.3, -0.25) is 9.11 Å². The third kappa shape index (κ3) is 6.41. The van der Waals surface area contributed by atoms with Crippen molar-refractivity contribution in [1.29, 1.82) is 0 Å². The maximum Gasteiger partial charge on any atom is 0.295 e. The third-order valence-electron chi connectivity index (χ3n) is 6.12. The van der Waals surface area contributed by atoms with Gasteiger partial charge in [-0.05, 0) is 96.9 Å². The van der Waals surface area contributed by atoms with E-state index in [0.29, 0.717) is 39.3 Å². The van der Waals surface area contributed by atoms with Crippen LogP contribution in [0.4, 0.5) is 22.7 Å². The third-order valence-corrected chi connectivity index (χ3v) is 8.11. The van der Waals surface area contributed by atoms with E-state index in [-0.39, 0.29) is 26.2 Å². The van der Waals surface area contributed by atoms with Gasteiger partial charge in [0, 0.05) is 33.9 Å². The highest BCUT2D eigenvalue weighted by atomic mass is 32.2. The number of nitrogens with one attached hydrogen (secondary N) is 2. The van der Waals surface area contributed by atoms with Gasteiger partial charge in [0.2, 0.25) is 0 Å². The molecular formula is C27H26N4O6S3. The highest BCUT2D eigenvalue weighted by molar-refractivity contribution is 7.86. The zero-order valence-corrected chi connectivity index (χ0v) is 23.8. The molecule has 13 heteroatoms. The van der Waals surface area contributed by atoms with E-state index < -0.39 is 20.2 Å². The fourth-order valence-corrected chi connectivity index (χ4v) is 6.05. The van der Waals surface area contributed by atoms with Gasteiger partial charge in [0.15, 0.2) is 5.11 Å². The first-order valence-electron chi connectivity index (χ1n) is 11.7. The number of nitrogen functional groups attached to an aromatic ring is 2. The molecule has 4 aromatic carbocycles. The minimum atomic E-state index is -4.58. The zero-order chi connectivity index (χ0) is 29.4. The number of rotatable bonds is 6. The molecule has 0 radical (unpaired) electrons. The monoisotopic (exact) mass is 598 g/mol. The molecule has 0 saturated carbocycles. The molecule has 0 atom stereocenters. The Morgan fingerprint density at radius 1 is 0.625 bits per heavy atom. The fourth-order valence-electron chi connectivity index (χ4n) is 4.34. The molecule has 4 aromatic rings. The molecule has 0 aliphatic heterocycles. The highest BCUT2D eigenvalue weighted by Gasteiger charge is 2.20. The van der Waals surface area contributed by atoms with E-state index in [9.17, 15) is 25.9 Å². The molecule has 0 saturated heterocycles. The summed E-state index contributed by atoms with van der Waals surface area (Å²) < 4.78 is 67.8. The van der Waals surface area contributed by atoms with E-state index in [1.54, 1.807) is 62.4 Å². The van der Waals surface area contributed by atoms with Gasteiger partial charge in [-0.2, -0.15) is 16.8 Å². The average molecular weight is 599 g/mol. The number of nitrogens with two attached hydrogens (primary N) is 2. The lowest BCUT2D eigenvalue weighted by molar-refractivity contribution is 0.481. The molecule has 0 spiro atoms. The summed E-state index contributed by atoms with van der Waals surface area (Å²) in [5.74, 6) is 0. The van der Waals surface area contributed by atoms with E-state index in [1.165, 1.54) is 24.3 Å². The molecule has 0 amide bonds. The SMILES string of the molecule is Cc1cc(NC(=S)Nc2ccc(-c3ccc(N)cc3C)c(S(=O)(=O)O)c2)ccc1-c1ccc(N)cc1S(=O)(=O)O. The van der Waals surface area contributed by atoms with Crippen molar-refractivity contribution < 1.29 is 25.9 Å². The van der Waals surface area contributed by atoms with Crippen LogP contribution in [0.1, 0.15) is 11.1 Å². The molecule has 40 heavy (non-hydrogen) atoms. The first-order chi connectivity index (χ1) is 18.6. The molecule has 0 aromatic heterocycles. The van der Waals surface area contributed by atoms with Gasteiger partial charge in [-0.25, -0.2) is 0 Å². The molecule has 208 valence electrons. The fraction of sp³-hybridized carbons (Fsp3) is 0.0741. The van der Waals surface area contributed by atoms with Crippen molar-refractivity contribution in [2.75, 3.05) is 22.1 Å². The van der Waals surface area contributed by atoms with Gasteiger partial charge < -0.3 is 22.1 Å². The van der Waals surface area contributed by atoms with E-state index in [1.807, 2.05) is 0 Å². The molecule has 0 heterocycles. The smallest absolute Gasteiger partial charge is 0.295 e. The first kappa shape index (κ1) is 29.0. The summed E-state index contributed by atoms with van der Waals surface area (Å²) in [5.41, 5.74) is 16.3. The molecule has 0 unspecified atom stereocenters. The molecule has 0 aliphatic carbocycles. The molecule has 0 aliphatic rings. The molecule has 0 fully saturated rings. The van der Waals surface area contributed by atoms with Gasteiger partial charge in [0.1, 0.15) is 9.79 Å². The van der Waals surface area contributed by atoms with Gasteiger partial charge >= 0.3 is 0 Å². The van der Waals surface area contributed by atoms with E-state index in [0.717, 1.165) is 5.56 Å². The van der Waals surface area contributed by atoms with Crippen molar-refractivity contribution in [1.82, 2.24) is 0 Å². The highest BCUT2D eigenvalue weighted by Crippen LogP contribution is 2.34. The van der Waals surface area contributed by atoms with Crippen molar-refractivity contribution in [3.63, 3.8) is 0 Å². The minimum Gasteiger partial charge on any atom is -0.399 e. The van der Waals surface area contributed by atoms with Crippen LogP contribution in [0.5, 0.6) is 0 Å². The zero-order valence-electron chi connectivity index (χ0n) is 21.3. The Balaban J connectivity index is 1.59. The Labute approximate surface area is 237 Å². The number of hydrogen-bond donors (Lipinski definition) is 6. The van der Waals surface area contributed by atoms with Gasteiger partial charge in [-0.15, -0.1) is 0 Å². The lowest BCUT2D eigenvalue weighted by atomic mass is 9.99. The van der Waals surface area contributed by atoms with Crippen LogP contribution in [0.3, 0.4) is 0 Å². The Hall–Kier alpha value is -4.01. The van der Waals surface area contributed by atoms with Crippen LogP contribution < -0.4 is 22.1 Å². The quantitative estimate of drug-likeness (QED) is 0.0985. The number of benzene rings is 4. The predicted molar refractivity (Wildman–Crippen MR) is 162 cm³/mol. The van der Waals surface area contributed by atoms with E-state index >= 15 is 0 Å². The lowest BCUT2D eigenvalue weighted by Crippen LogP contribution is -2.19. The van der Waals surface area contributed by atoms with Crippen molar-refractivity contribution in [3.8, 4) is 22.3 Å². The van der Waals surface area contributed by atoms with Gasteiger partial charge in [0.05, 0.1) is 0 Å². The molecular weight excluding hydrogens is 573 g/mol. The number of aryl methyl sites for hydroxylation is 2. The van der Waals surface area contributed by atoms with Crippen molar-refractivity contribution in [2.24, 2.45) is 0 Å². The second-order valence-electron chi connectivity index (χ2n) is 9.10. The van der Waals surface area contributed by atoms with Crippen molar-refractivity contribution in [3.05, 3.63) is 83.9 Å². The van der Waals surface area contributed by atoms with Gasteiger partial charge in [0.25, 0.3) is 20.2 Å². The largest absolute Gasteiger partial charge is 0.399 e. The van der Waals surface area contributed by atoms with Crippen LogP contribution in [0.2, 0.25) is 0 Å². The average Bonchev–Trinajstić information content (AvgIpc) is 2.83. The molecule has 8 N–H and O–H groups in total. The predicted octanol–water partition coefficient (Wildman–Crippen LogP) is 5.10. The molecule has 10 nitrogen and oxygen atoms in total. The molecule has 0 bridgehead atoms. The van der Waals surface area contributed by atoms with Gasteiger partial charge in [-0.1, -0.05) is 24.3 Å². The summed E-state index contributed by atoms with van der Waals surface area (Å²) in [5, 5.41) is 6.03. The number of anilines is 4. The summed E-state index contributed by atoms with van der Waals surface area (Å²) in [6.07, 6.45) is 0. The van der Waals surface area contributed by atoms with Crippen LogP contribution in [0.25, 0.3) is 22.3 Å². The molecule has 4 rings (SSSR count). The van der Waals surface area contributed by atoms with E-state index in [4.69, 9.17) is 23.7 Å². The first-order valence-corrected chi connectivity index (χ1v) is 15.0. The Kier molecular flexibility index (Phi) is 7.87. The van der Waals surface area contributed by atoms with Crippen LogP contribution >= 0.6 is 12.2 Å². The van der Waals surface area contributed by atoms with Crippen LogP contribution in [-0.4, -0.2) is 31.1 Å². The van der Waals surface area contributed by atoms with Crippen LogP contribution in [0, 0.1) is 13.8 Å². The summed E-state index contributed by atoms with van der Waals surface area (Å²) in [6, 6.07) is 18.8. The second-order valence-corrected chi connectivity index (χ2v) is 12.3. The van der Waals surface area contributed by atoms with Crippen LogP contribution in [0.15, 0.2) is 82.6 Å². The Morgan fingerprint density at radius 3 is 1.52 bits per heavy atom. The number of thiocarbonyl (C=S) groups is 1. The summed E-state index contributed by atoms with van der Waals surface area (Å²) in [7, 11) is -9.10. The maximum atomic E-state index is 12.2. The summed E-state index contributed by atoms with van der Waals surface area (Å²) in [4.78, 5) is -0.604. The summed E-state index contributed by atoms with van der Waals surface area (Å²) in [6.45, 7) is 3.55. The van der Waals surface area contributed by atoms with Crippen molar-refractivity contribution >= 4 is 60.3 Å². The standard InChI is InChI=1S/C27H26N4O6S3/c1-15-11-17(28)3-7-21(15)24-10-6-20(14-26(24)40(35,36)37)31-27(38)30-19-5-9-22(16(2)12-19)23-8-4-18(29)13-25(23)39(32,33)34/h3-14H,28-29H2,1-2H3,(H2,30,31,38)(H,32,33,34)(H,35,36,37). The van der Waals surface area contributed by atoms with E-state index in [2.05, 4.69) is 10.6 Å². The Bertz CT molecular complexity index is 1870. The summed E-state index contributed by atoms with van der Waals surface area (Å²) >= 11 is 5.40. The Morgan fingerprint density at radius 2 is 1.02 bits per heavy atom. The van der Waals surface area contributed by atoms with Crippen molar-refractivity contribution in [2.45, 2.75) is 23.6 Å². The van der Waals surface area contributed by atoms with Crippen LogP contribution in [-0.2, 0) is 20.2 Å². The normalized spacial score (nSPS) is 11.7. The lowest BCUT2D eigenvalue weighted by Gasteiger charge is -2.16. The maximum absolute atomic E-state index is 12.2. The number of hydrogen-bond acceptors (Lipinski definition) is 7. The minimum absolute atomic E-state index is 0.135. The topological polar surface area (TPSA) is 185 Å². The second kappa shape index (κ2) is 10.9.